The summed E-state index contributed by atoms with van der Waals surface area (Å²) >= 11 is 12.6. The molecule has 0 spiro atoms. The van der Waals surface area contributed by atoms with E-state index in [-0.39, 0.29) is 17.0 Å². The van der Waals surface area contributed by atoms with Crippen LogP contribution in [0.15, 0.2) is 108 Å². The second kappa shape index (κ2) is 11.8. The van der Waals surface area contributed by atoms with Crippen LogP contribution in [-0.2, 0) is 16.0 Å². The number of halogens is 2. The van der Waals surface area contributed by atoms with Crippen molar-refractivity contribution < 1.29 is 18.7 Å². The molecule has 5 rings (SSSR count). The molecule has 1 amide bonds. The molecule has 7 heteroatoms. The van der Waals surface area contributed by atoms with Crippen molar-refractivity contribution in [1.29, 1.82) is 0 Å². The largest absolute Gasteiger partial charge is 0.458 e. The summed E-state index contributed by atoms with van der Waals surface area (Å²) in [6.07, 6.45) is 0.234. The van der Waals surface area contributed by atoms with E-state index in [0.29, 0.717) is 16.5 Å². The molecule has 41 heavy (non-hydrogen) atoms. The number of nitrogens with zero attached hydrogens (tertiary/aromatic N) is 1. The standard InChI is InChI=1S/C34H29Cl2NO4/c1-34(2,3)41-33(39)29(19-22-9-5-4-6-10-22)37(32(38)27-18-15-25(35)21-28(27)36)26-16-13-23(14-17-26)31-20-24-11-7-8-12-30(24)40-31/h4-18,20-21,29H,19H2,1-3H3/t29-/m0/s1. The maximum Gasteiger partial charge on any atom is 0.330 e. The molecular weight excluding hydrogens is 557 g/mol. The van der Waals surface area contributed by atoms with Gasteiger partial charge in [-0.25, -0.2) is 4.79 Å². The minimum absolute atomic E-state index is 0.189. The van der Waals surface area contributed by atoms with Crippen molar-refractivity contribution in [3.8, 4) is 11.3 Å². The summed E-state index contributed by atoms with van der Waals surface area (Å²) in [6, 6.07) is 30.3. The number of ether oxygens (including phenoxy) is 1. The van der Waals surface area contributed by atoms with Gasteiger partial charge in [-0.1, -0.05) is 71.7 Å². The molecule has 0 saturated carbocycles. The van der Waals surface area contributed by atoms with E-state index in [1.807, 2.05) is 72.8 Å². The van der Waals surface area contributed by atoms with Crippen LogP contribution in [0.2, 0.25) is 10.0 Å². The maximum atomic E-state index is 14.2. The third kappa shape index (κ3) is 6.64. The van der Waals surface area contributed by atoms with E-state index in [2.05, 4.69) is 0 Å². The van der Waals surface area contributed by atoms with Crippen LogP contribution < -0.4 is 4.90 Å². The first-order valence-corrected chi connectivity index (χ1v) is 14.0. The lowest BCUT2D eigenvalue weighted by Gasteiger charge is -2.33. The van der Waals surface area contributed by atoms with E-state index in [1.165, 1.54) is 11.0 Å². The highest BCUT2D eigenvalue weighted by atomic mass is 35.5. The Morgan fingerprint density at radius 3 is 2.20 bits per heavy atom. The maximum absolute atomic E-state index is 14.2. The number of anilines is 1. The average Bonchev–Trinajstić information content (AvgIpc) is 3.37. The van der Waals surface area contributed by atoms with E-state index in [1.54, 1.807) is 45.0 Å². The number of esters is 1. The Bertz CT molecular complexity index is 1650. The van der Waals surface area contributed by atoms with Crippen LogP contribution in [0.25, 0.3) is 22.3 Å². The predicted molar refractivity (Wildman–Crippen MR) is 165 cm³/mol. The molecule has 4 aromatic carbocycles. The molecule has 1 atom stereocenters. The molecular formula is C34H29Cl2NO4. The molecule has 0 saturated heterocycles. The number of amides is 1. The second-order valence-corrected chi connectivity index (χ2v) is 11.6. The first kappa shape index (κ1) is 28.5. The fourth-order valence-electron chi connectivity index (χ4n) is 4.63. The van der Waals surface area contributed by atoms with Crippen LogP contribution in [0.5, 0.6) is 0 Å². The number of hydrogen-bond donors (Lipinski definition) is 0. The molecule has 0 bridgehead atoms. The molecule has 0 aliphatic carbocycles. The van der Waals surface area contributed by atoms with Crippen LogP contribution in [0.3, 0.4) is 0 Å². The molecule has 5 nitrogen and oxygen atoms in total. The quantitative estimate of drug-likeness (QED) is 0.179. The van der Waals surface area contributed by atoms with Gasteiger partial charge in [0, 0.05) is 28.1 Å². The number of benzene rings is 4. The predicted octanol–water partition coefficient (Wildman–Crippen LogP) is 9.01. The van der Waals surface area contributed by atoms with Crippen molar-refractivity contribution >= 4 is 51.7 Å². The van der Waals surface area contributed by atoms with E-state index in [4.69, 9.17) is 32.4 Å². The van der Waals surface area contributed by atoms with Crippen molar-refractivity contribution in [3.63, 3.8) is 0 Å². The van der Waals surface area contributed by atoms with Gasteiger partial charge < -0.3 is 9.15 Å². The van der Waals surface area contributed by atoms with E-state index in [9.17, 15) is 9.59 Å². The average molecular weight is 587 g/mol. The lowest BCUT2D eigenvalue weighted by molar-refractivity contribution is -0.156. The summed E-state index contributed by atoms with van der Waals surface area (Å²) in [5.74, 6) is -0.277. The fraction of sp³-hybridized carbons (Fsp3) is 0.176. The summed E-state index contributed by atoms with van der Waals surface area (Å²) in [4.78, 5) is 29.4. The molecule has 208 valence electrons. The van der Waals surface area contributed by atoms with Crippen molar-refractivity contribution in [2.45, 2.75) is 38.8 Å². The van der Waals surface area contributed by atoms with Gasteiger partial charge in [0.15, 0.2) is 0 Å². The summed E-state index contributed by atoms with van der Waals surface area (Å²) in [5.41, 5.74) is 2.46. The zero-order valence-electron chi connectivity index (χ0n) is 22.9. The zero-order chi connectivity index (χ0) is 29.1. The molecule has 1 aromatic heterocycles. The Hall–Kier alpha value is -4.06. The van der Waals surface area contributed by atoms with Crippen molar-refractivity contribution in [1.82, 2.24) is 0 Å². The van der Waals surface area contributed by atoms with Gasteiger partial charge in [0.05, 0.1) is 10.6 Å². The summed E-state index contributed by atoms with van der Waals surface area (Å²) in [5, 5.41) is 1.59. The number of furan rings is 1. The highest BCUT2D eigenvalue weighted by Crippen LogP contribution is 2.32. The van der Waals surface area contributed by atoms with Crippen molar-refractivity contribution in [2.75, 3.05) is 4.90 Å². The third-order valence-corrected chi connectivity index (χ3v) is 7.05. The van der Waals surface area contributed by atoms with Crippen LogP contribution in [0.1, 0.15) is 36.7 Å². The van der Waals surface area contributed by atoms with Crippen molar-refractivity contribution in [2.24, 2.45) is 0 Å². The minimum Gasteiger partial charge on any atom is -0.458 e. The zero-order valence-corrected chi connectivity index (χ0v) is 24.4. The first-order valence-electron chi connectivity index (χ1n) is 13.2. The van der Waals surface area contributed by atoms with E-state index in [0.717, 1.165) is 22.1 Å². The van der Waals surface area contributed by atoms with Gasteiger partial charge in [-0.15, -0.1) is 0 Å². The van der Waals surface area contributed by atoms with Crippen molar-refractivity contribution in [3.05, 3.63) is 124 Å². The first-order chi connectivity index (χ1) is 19.6. The van der Waals surface area contributed by atoms with Crippen LogP contribution in [0, 0.1) is 0 Å². The molecule has 0 aliphatic rings. The van der Waals surface area contributed by atoms with Gasteiger partial charge in [-0.2, -0.15) is 0 Å². The Morgan fingerprint density at radius 2 is 1.54 bits per heavy atom. The van der Waals surface area contributed by atoms with Gasteiger partial charge in [0.1, 0.15) is 23.0 Å². The smallest absolute Gasteiger partial charge is 0.330 e. The van der Waals surface area contributed by atoms with Gasteiger partial charge >= 0.3 is 5.97 Å². The number of carbonyl (C=O) groups excluding carboxylic acids is 2. The fourth-order valence-corrected chi connectivity index (χ4v) is 5.12. The lowest BCUT2D eigenvalue weighted by Crippen LogP contribution is -2.49. The Labute approximate surface area is 249 Å². The number of para-hydroxylation sites is 1. The molecule has 5 aromatic rings. The summed E-state index contributed by atoms with van der Waals surface area (Å²) in [6.45, 7) is 5.40. The SMILES string of the molecule is CC(C)(C)OC(=O)[C@H](Cc1ccccc1)N(C(=O)c1ccc(Cl)cc1Cl)c1ccc(-c2cc3ccccc3o2)cc1. The van der Waals surface area contributed by atoms with Gasteiger partial charge in [-0.05, 0) is 80.9 Å². The third-order valence-electron chi connectivity index (χ3n) is 6.50. The topological polar surface area (TPSA) is 59.8 Å². The summed E-state index contributed by atoms with van der Waals surface area (Å²) in [7, 11) is 0. The molecule has 0 N–H and O–H groups in total. The van der Waals surface area contributed by atoms with Gasteiger partial charge in [0.2, 0.25) is 0 Å². The van der Waals surface area contributed by atoms with E-state index < -0.39 is 23.5 Å². The monoisotopic (exact) mass is 585 g/mol. The van der Waals surface area contributed by atoms with Crippen LogP contribution in [-0.4, -0.2) is 23.5 Å². The Balaban J connectivity index is 1.60. The number of carbonyl (C=O) groups is 2. The number of rotatable bonds is 7. The Kier molecular flexibility index (Phi) is 8.20. The summed E-state index contributed by atoms with van der Waals surface area (Å²) < 4.78 is 11.9. The van der Waals surface area contributed by atoms with E-state index >= 15 is 0 Å². The highest BCUT2D eigenvalue weighted by Gasteiger charge is 2.36. The molecule has 0 radical (unpaired) electrons. The molecule has 1 heterocycles. The second-order valence-electron chi connectivity index (χ2n) is 10.7. The Morgan fingerprint density at radius 1 is 0.854 bits per heavy atom. The van der Waals surface area contributed by atoms with Gasteiger partial charge in [0.25, 0.3) is 5.91 Å². The molecule has 0 aliphatic heterocycles. The molecule has 0 unspecified atom stereocenters. The highest BCUT2D eigenvalue weighted by molar-refractivity contribution is 6.37. The van der Waals surface area contributed by atoms with Gasteiger partial charge in [-0.3, -0.25) is 9.69 Å². The lowest BCUT2D eigenvalue weighted by atomic mass is 10.0. The normalized spacial score (nSPS) is 12.2. The molecule has 0 fully saturated rings. The minimum atomic E-state index is -0.979. The number of fused-ring (bicyclic) bond motifs is 1. The number of hydrogen-bond acceptors (Lipinski definition) is 4. The van der Waals surface area contributed by atoms with Crippen LogP contribution in [0.4, 0.5) is 5.69 Å². The van der Waals surface area contributed by atoms with Crippen LogP contribution >= 0.6 is 23.2 Å².